The van der Waals surface area contributed by atoms with Crippen molar-refractivity contribution in [2.45, 2.75) is 6.42 Å². The molecular formula is C22H18Cl2O3. The summed E-state index contributed by atoms with van der Waals surface area (Å²) in [4.78, 5) is 12.8. The number of halogens is 2. The summed E-state index contributed by atoms with van der Waals surface area (Å²) in [5.74, 6) is 1.34. The summed E-state index contributed by atoms with van der Waals surface area (Å²) in [5, 5.41) is 1.25. The number of ketones is 1. The largest absolute Gasteiger partial charge is 0.497 e. The number of methoxy groups -OCH3 is 1. The van der Waals surface area contributed by atoms with E-state index in [0.29, 0.717) is 27.1 Å². The number of carbonyl (C=O) groups is 1. The van der Waals surface area contributed by atoms with E-state index < -0.39 is 0 Å². The third kappa shape index (κ3) is 5.03. The summed E-state index contributed by atoms with van der Waals surface area (Å²) in [6.45, 7) is 0.279. The maximum atomic E-state index is 12.8. The van der Waals surface area contributed by atoms with Crippen molar-refractivity contribution in [1.29, 1.82) is 0 Å². The van der Waals surface area contributed by atoms with Crippen LogP contribution in [-0.2, 0) is 0 Å². The maximum Gasteiger partial charge on any atom is 0.166 e. The van der Waals surface area contributed by atoms with Crippen molar-refractivity contribution in [2.24, 2.45) is 0 Å². The average Bonchev–Trinajstić information content (AvgIpc) is 2.69. The molecule has 0 aromatic heterocycles. The fourth-order valence-corrected chi connectivity index (χ4v) is 3.03. The molecule has 0 radical (unpaired) electrons. The molecule has 0 atom stereocenters. The Kier molecular flexibility index (Phi) is 6.38. The number of rotatable bonds is 7. The average molecular weight is 401 g/mol. The molecule has 0 heterocycles. The van der Waals surface area contributed by atoms with E-state index >= 15 is 0 Å². The lowest BCUT2D eigenvalue weighted by atomic mass is 9.95. The third-order valence-corrected chi connectivity index (χ3v) is 4.56. The van der Waals surface area contributed by atoms with E-state index in [1.54, 1.807) is 49.6 Å². The van der Waals surface area contributed by atoms with Crippen LogP contribution in [0.4, 0.5) is 0 Å². The van der Waals surface area contributed by atoms with Gasteiger partial charge in [0.05, 0.1) is 13.7 Å². The quantitative estimate of drug-likeness (QED) is 0.435. The van der Waals surface area contributed by atoms with Gasteiger partial charge in [0, 0.05) is 22.0 Å². The molecule has 0 spiro atoms. The molecule has 0 aliphatic carbocycles. The monoisotopic (exact) mass is 400 g/mol. The Balaban J connectivity index is 1.78. The smallest absolute Gasteiger partial charge is 0.166 e. The van der Waals surface area contributed by atoms with Crippen LogP contribution in [0.5, 0.6) is 11.5 Å². The second kappa shape index (κ2) is 8.94. The Hall–Kier alpha value is -2.49. The van der Waals surface area contributed by atoms with E-state index in [2.05, 4.69) is 0 Å². The summed E-state index contributed by atoms with van der Waals surface area (Å²) < 4.78 is 10.9. The molecule has 138 valence electrons. The van der Waals surface area contributed by atoms with Crippen molar-refractivity contribution in [1.82, 2.24) is 0 Å². The number of ether oxygens (including phenoxy) is 2. The van der Waals surface area contributed by atoms with Gasteiger partial charge in [-0.05, 0) is 65.7 Å². The lowest BCUT2D eigenvalue weighted by Crippen LogP contribution is -2.08. The van der Waals surface area contributed by atoms with Crippen LogP contribution in [0.1, 0.15) is 16.8 Å². The van der Waals surface area contributed by atoms with Crippen LogP contribution in [0.25, 0.3) is 11.1 Å². The van der Waals surface area contributed by atoms with Crippen molar-refractivity contribution in [2.75, 3.05) is 13.7 Å². The predicted octanol–water partition coefficient (Wildman–Crippen LogP) is 6.32. The van der Waals surface area contributed by atoms with Crippen LogP contribution >= 0.6 is 23.2 Å². The molecule has 0 aliphatic heterocycles. The molecular weight excluding hydrogens is 383 g/mol. The molecule has 3 aromatic rings. The van der Waals surface area contributed by atoms with Gasteiger partial charge < -0.3 is 9.47 Å². The van der Waals surface area contributed by atoms with Crippen molar-refractivity contribution in [3.63, 3.8) is 0 Å². The van der Waals surface area contributed by atoms with Gasteiger partial charge in [0.1, 0.15) is 11.5 Å². The summed E-state index contributed by atoms with van der Waals surface area (Å²) in [5.41, 5.74) is 2.26. The first-order chi connectivity index (χ1) is 13.1. The minimum atomic E-state index is -0.0124. The summed E-state index contributed by atoms with van der Waals surface area (Å²) in [6.07, 6.45) is 0.253. The predicted molar refractivity (Wildman–Crippen MR) is 109 cm³/mol. The SMILES string of the molecule is COc1ccc(C(=O)CCOc2ccc(Cl)cc2)c(-c2cccc(Cl)c2)c1. The van der Waals surface area contributed by atoms with Gasteiger partial charge in [-0.2, -0.15) is 0 Å². The van der Waals surface area contributed by atoms with E-state index in [9.17, 15) is 4.79 Å². The second-order valence-corrected chi connectivity index (χ2v) is 6.77. The van der Waals surface area contributed by atoms with Gasteiger partial charge in [0.25, 0.3) is 0 Å². The van der Waals surface area contributed by atoms with E-state index in [0.717, 1.165) is 11.1 Å². The second-order valence-electron chi connectivity index (χ2n) is 5.90. The Morgan fingerprint density at radius 1 is 0.889 bits per heavy atom. The highest BCUT2D eigenvalue weighted by atomic mass is 35.5. The molecule has 3 rings (SSSR count). The fourth-order valence-electron chi connectivity index (χ4n) is 2.72. The van der Waals surface area contributed by atoms with Crippen LogP contribution in [0.15, 0.2) is 66.7 Å². The van der Waals surface area contributed by atoms with Crippen molar-refractivity contribution >= 4 is 29.0 Å². The number of carbonyl (C=O) groups excluding carboxylic acids is 1. The first-order valence-electron chi connectivity index (χ1n) is 8.42. The fraction of sp³-hybridized carbons (Fsp3) is 0.136. The molecule has 0 unspecified atom stereocenters. The molecule has 27 heavy (non-hydrogen) atoms. The highest BCUT2D eigenvalue weighted by Crippen LogP contribution is 2.30. The zero-order valence-corrected chi connectivity index (χ0v) is 16.3. The molecule has 5 heteroatoms. The van der Waals surface area contributed by atoms with Gasteiger partial charge in [-0.15, -0.1) is 0 Å². The molecule has 0 bridgehead atoms. The van der Waals surface area contributed by atoms with Gasteiger partial charge in [-0.3, -0.25) is 4.79 Å². The van der Waals surface area contributed by atoms with Gasteiger partial charge in [0.15, 0.2) is 5.78 Å². The number of hydrogen-bond donors (Lipinski definition) is 0. The Bertz CT molecular complexity index is 937. The molecule has 0 saturated heterocycles. The minimum Gasteiger partial charge on any atom is -0.497 e. The zero-order chi connectivity index (χ0) is 19.2. The lowest BCUT2D eigenvalue weighted by Gasteiger charge is -2.12. The zero-order valence-electron chi connectivity index (χ0n) is 14.7. The van der Waals surface area contributed by atoms with Gasteiger partial charge >= 0.3 is 0 Å². The topological polar surface area (TPSA) is 35.5 Å². The van der Waals surface area contributed by atoms with Crippen molar-refractivity contribution in [3.8, 4) is 22.6 Å². The highest BCUT2D eigenvalue weighted by Gasteiger charge is 2.14. The molecule has 3 aromatic carbocycles. The van der Waals surface area contributed by atoms with Crippen LogP contribution in [0.2, 0.25) is 10.0 Å². The van der Waals surface area contributed by atoms with Gasteiger partial charge in [-0.25, -0.2) is 0 Å². The maximum absolute atomic E-state index is 12.8. The summed E-state index contributed by atoms with van der Waals surface area (Å²) >= 11 is 12.0. The third-order valence-electron chi connectivity index (χ3n) is 4.07. The summed E-state index contributed by atoms with van der Waals surface area (Å²) in [6, 6.07) is 19.9. The molecule has 0 N–H and O–H groups in total. The molecule has 0 amide bonds. The van der Waals surface area contributed by atoms with Crippen LogP contribution in [-0.4, -0.2) is 19.5 Å². The van der Waals surface area contributed by atoms with Crippen LogP contribution in [0, 0.1) is 0 Å². The Labute approximate surface area is 168 Å². The minimum absolute atomic E-state index is 0.0124. The Morgan fingerprint density at radius 3 is 2.33 bits per heavy atom. The van der Waals surface area contributed by atoms with Crippen molar-refractivity contribution in [3.05, 3.63) is 82.3 Å². The summed E-state index contributed by atoms with van der Waals surface area (Å²) in [7, 11) is 1.60. The lowest BCUT2D eigenvalue weighted by molar-refractivity contribution is 0.0963. The van der Waals surface area contributed by atoms with Crippen molar-refractivity contribution < 1.29 is 14.3 Å². The molecule has 0 saturated carbocycles. The first-order valence-corrected chi connectivity index (χ1v) is 9.18. The first kappa shape index (κ1) is 19.3. The van der Waals surface area contributed by atoms with Gasteiger partial charge in [0.2, 0.25) is 0 Å². The van der Waals surface area contributed by atoms with E-state index in [1.165, 1.54) is 0 Å². The number of benzene rings is 3. The van der Waals surface area contributed by atoms with Crippen LogP contribution in [0.3, 0.4) is 0 Å². The van der Waals surface area contributed by atoms with Gasteiger partial charge in [-0.1, -0.05) is 35.3 Å². The van der Waals surface area contributed by atoms with E-state index in [1.807, 2.05) is 24.3 Å². The molecule has 0 aliphatic rings. The standard InChI is InChI=1S/C22H18Cl2O3/c1-26-19-9-10-20(21(14-19)15-3-2-4-17(24)13-15)22(25)11-12-27-18-7-5-16(23)6-8-18/h2-10,13-14H,11-12H2,1H3. The molecule has 0 fully saturated rings. The van der Waals surface area contributed by atoms with E-state index in [4.69, 9.17) is 32.7 Å². The number of hydrogen-bond acceptors (Lipinski definition) is 3. The van der Waals surface area contributed by atoms with Crippen LogP contribution < -0.4 is 9.47 Å². The molecule has 3 nitrogen and oxygen atoms in total. The highest BCUT2D eigenvalue weighted by molar-refractivity contribution is 6.31. The number of Topliss-reactive ketones (excluding diaryl/α,β-unsaturated/α-hetero) is 1. The Morgan fingerprint density at radius 2 is 1.63 bits per heavy atom. The van der Waals surface area contributed by atoms with E-state index in [-0.39, 0.29) is 18.8 Å². The normalized spacial score (nSPS) is 10.5.